The highest BCUT2D eigenvalue weighted by atomic mass is 79.9. The maximum atomic E-state index is 14.1. The molecule has 0 spiro atoms. The van der Waals surface area contributed by atoms with Crippen molar-refractivity contribution in [1.82, 2.24) is 14.5 Å². The molecule has 168 valence electrons. The quantitative estimate of drug-likeness (QED) is 0.271. The zero-order valence-corrected chi connectivity index (χ0v) is 19.3. The number of benzene rings is 3. The smallest absolute Gasteiger partial charge is 0.303 e. The van der Waals surface area contributed by atoms with E-state index in [1.165, 1.54) is 12.1 Å². The van der Waals surface area contributed by atoms with Crippen molar-refractivity contribution in [3.05, 3.63) is 88.8 Å². The lowest BCUT2D eigenvalue weighted by Gasteiger charge is -2.10. The predicted molar refractivity (Wildman–Crippen MR) is 131 cm³/mol. The van der Waals surface area contributed by atoms with Gasteiger partial charge in [-0.15, -0.1) is 0 Å². The summed E-state index contributed by atoms with van der Waals surface area (Å²) in [7, 11) is 0. The van der Waals surface area contributed by atoms with Gasteiger partial charge in [-0.25, -0.2) is 14.4 Å². The molecule has 0 fully saturated rings. The van der Waals surface area contributed by atoms with Gasteiger partial charge in [-0.1, -0.05) is 46.3 Å². The zero-order chi connectivity index (χ0) is 23.8. The third kappa shape index (κ3) is 4.08. The molecule has 0 aliphatic carbocycles. The highest BCUT2D eigenvalue weighted by Crippen LogP contribution is 2.31. The average Bonchev–Trinajstić information content (AvgIpc) is 3.21. The van der Waals surface area contributed by atoms with Crippen LogP contribution in [0.15, 0.2) is 77.4 Å². The van der Waals surface area contributed by atoms with E-state index in [2.05, 4.69) is 20.9 Å². The Labute approximate surface area is 201 Å². The van der Waals surface area contributed by atoms with Crippen molar-refractivity contribution < 1.29 is 19.1 Å². The Hall–Kier alpha value is -3.91. The first-order chi connectivity index (χ1) is 16.4. The predicted octanol–water partition coefficient (Wildman–Crippen LogP) is 6.19. The van der Waals surface area contributed by atoms with E-state index in [4.69, 9.17) is 10.1 Å². The number of halogens is 2. The number of carboxylic acid groups (broad SMARTS) is 1. The fourth-order valence-corrected chi connectivity index (χ4v) is 4.32. The van der Waals surface area contributed by atoms with Crippen LogP contribution in [0.5, 0.6) is 0 Å². The fraction of sp³-hybridized carbons (Fsp3) is 0.0769. The number of fused-ring (bicyclic) bond motifs is 2. The van der Waals surface area contributed by atoms with E-state index in [0.717, 1.165) is 10.0 Å². The minimum atomic E-state index is -1.03. The van der Waals surface area contributed by atoms with Crippen LogP contribution in [0.1, 0.15) is 23.2 Å². The van der Waals surface area contributed by atoms with Crippen LogP contribution in [-0.2, 0) is 4.79 Å². The molecule has 0 bridgehead atoms. The SMILES string of the molecule is O=C(O)CCC(=O)c1cn(-c2nc(-c3ccccc3)c3cc(F)ccc3n2)c2ccc(Br)cc12. The van der Waals surface area contributed by atoms with E-state index >= 15 is 0 Å². The Balaban J connectivity index is 1.75. The molecule has 0 aliphatic heterocycles. The van der Waals surface area contributed by atoms with Gasteiger partial charge in [-0.05, 0) is 36.4 Å². The second-order valence-corrected chi connectivity index (χ2v) is 8.71. The summed E-state index contributed by atoms with van der Waals surface area (Å²) < 4.78 is 16.6. The van der Waals surface area contributed by atoms with Gasteiger partial charge in [0.15, 0.2) is 5.78 Å². The van der Waals surface area contributed by atoms with Gasteiger partial charge in [0.2, 0.25) is 5.95 Å². The van der Waals surface area contributed by atoms with Gasteiger partial charge < -0.3 is 5.11 Å². The maximum absolute atomic E-state index is 14.1. The Kier molecular flexibility index (Phi) is 5.67. The molecule has 8 heteroatoms. The molecule has 0 radical (unpaired) electrons. The van der Waals surface area contributed by atoms with Gasteiger partial charge in [-0.2, -0.15) is 0 Å². The highest BCUT2D eigenvalue weighted by Gasteiger charge is 2.20. The van der Waals surface area contributed by atoms with Gasteiger partial charge in [0.25, 0.3) is 0 Å². The van der Waals surface area contributed by atoms with Crippen LogP contribution < -0.4 is 0 Å². The molecule has 0 atom stereocenters. The van der Waals surface area contributed by atoms with Gasteiger partial charge in [0.1, 0.15) is 5.82 Å². The summed E-state index contributed by atoms with van der Waals surface area (Å²) >= 11 is 3.44. The lowest BCUT2D eigenvalue weighted by Crippen LogP contribution is -2.04. The number of aromatic nitrogens is 3. The lowest BCUT2D eigenvalue weighted by molar-refractivity contribution is -0.136. The van der Waals surface area contributed by atoms with Gasteiger partial charge >= 0.3 is 5.97 Å². The third-order valence-electron chi connectivity index (χ3n) is 5.54. The Morgan fingerprint density at radius 2 is 1.74 bits per heavy atom. The minimum absolute atomic E-state index is 0.117. The van der Waals surface area contributed by atoms with Crippen molar-refractivity contribution in [3.63, 3.8) is 0 Å². The Bertz CT molecular complexity index is 1580. The van der Waals surface area contributed by atoms with Crippen LogP contribution in [-0.4, -0.2) is 31.4 Å². The van der Waals surface area contributed by atoms with Crippen LogP contribution in [0.3, 0.4) is 0 Å². The van der Waals surface area contributed by atoms with Crippen molar-refractivity contribution in [1.29, 1.82) is 0 Å². The molecule has 3 aromatic carbocycles. The number of aliphatic carboxylic acids is 1. The molecule has 2 aromatic heterocycles. The van der Waals surface area contributed by atoms with E-state index < -0.39 is 5.97 Å². The van der Waals surface area contributed by atoms with E-state index in [-0.39, 0.29) is 24.4 Å². The Morgan fingerprint density at radius 3 is 2.50 bits per heavy atom. The molecule has 1 N–H and O–H groups in total. The molecule has 6 nitrogen and oxygen atoms in total. The number of Topliss-reactive ketones (excluding diaryl/α,β-unsaturated/α-hetero) is 1. The highest BCUT2D eigenvalue weighted by molar-refractivity contribution is 9.10. The van der Waals surface area contributed by atoms with Gasteiger partial charge in [-0.3, -0.25) is 14.2 Å². The van der Waals surface area contributed by atoms with E-state index in [0.29, 0.717) is 39.0 Å². The van der Waals surface area contributed by atoms with Crippen molar-refractivity contribution in [2.75, 3.05) is 0 Å². The number of nitrogens with zero attached hydrogens (tertiary/aromatic N) is 3. The number of rotatable bonds is 6. The van der Waals surface area contributed by atoms with Crippen molar-refractivity contribution in [2.45, 2.75) is 12.8 Å². The zero-order valence-electron chi connectivity index (χ0n) is 17.7. The number of carbonyl (C=O) groups excluding carboxylic acids is 1. The molecular formula is C26H17BrFN3O3. The topological polar surface area (TPSA) is 85.1 Å². The van der Waals surface area contributed by atoms with Gasteiger partial charge in [0, 0.05) is 39.0 Å². The number of carbonyl (C=O) groups is 2. The molecule has 0 amide bonds. The molecule has 0 saturated carbocycles. The average molecular weight is 518 g/mol. The summed E-state index contributed by atoms with van der Waals surface area (Å²) in [4.78, 5) is 33.3. The number of hydrogen-bond donors (Lipinski definition) is 1. The lowest BCUT2D eigenvalue weighted by atomic mass is 10.1. The first-order valence-electron chi connectivity index (χ1n) is 10.5. The summed E-state index contributed by atoms with van der Waals surface area (Å²) in [6, 6.07) is 19.3. The summed E-state index contributed by atoms with van der Waals surface area (Å²) in [5, 5.41) is 10.2. The monoisotopic (exact) mass is 517 g/mol. The Morgan fingerprint density at radius 1 is 0.941 bits per heavy atom. The van der Waals surface area contributed by atoms with Gasteiger partial charge in [0.05, 0.1) is 23.1 Å². The van der Waals surface area contributed by atoms with Crippen LogP contribution in [0.4, 0.5) is 4.39 Å². The van der Waals surface area contributed by atoms with Crippen LogP contribution in [0.25, 0.3) is 39.0 Å². The fourth-order valence-electron chi connectivity index (χ4n) is 3.96. The number of ketones is 1. The molecule has 34 heavy (non-hydrogen) atoms. The van der Waals surface area contributed by atoms with E-state index in [1.807, 2.05) is 48.5 Å². The van der Waals surface area contributed by atoms with Crippen molar-refractivity contribution >= 4 is 49.5 Å². The summed E-state index contributed by atoms with van der Waals surface area (Å²) in [5.41, 5.74) is 3.02. The first-order valence-corrected chi connectivity index (χ1v) is 11.3. The normalized spacial score (nSPS) is 11.2. The molecule has 0 unspecified atom stereocenters. The van der Waals surface area contributed by atoms with Crippen LogP contribution >= 0.6 is 15.9 Å². The molecular weight excluding hydrogens is 501 g/mol. The summed E-state index contributed by atoms with van der Waals surface area (Å²) in [5.74, 6) is -1.38. The van der Waals surface area contributed by atoms with E-state index in [1.54, 1.807) is 16.8 Å². The molecule has 0 saturated heterocycles. The third-order valence-corrected chi connectivity index (χ3v) is 6.03. The van der Waals surface area contributed by atoms with Crippen molar-refractivity contribution in [2.24, 2.45) is 0 Å². The molecule has 5 rings (SSSR count). The summed E-state index contributed by atoms with van der Waals surface area (Å²) in [6.45, 7) is 0. The summed E-state index contributed by atoms with van der Waals surface area (Å²) in [6.07, 6.45) is 1.27. The number of carboxylic acids is 1. The standard InChI is InChI=1S/C26H17BrFN3O3/c27-16-6-9-22-18(12-16)20(23(32)10-11-24(33)34)14-31(22)26-29-21-8-7-17(28)13-19(21)25(30-26)15-4-2-1-3-5-15/h1-9,12-14H,10-11H2,(H,33,34). The minimum Gasteiger partial charge on any atom is -0.481 e. The van der Waals surface area contributed by atoms with Crippen LogP contribution in [0, 0.1) is 5.82 Å². The maximum Gasteiger partial charge on any atom is 0.303 e. The molecule has 2 heterocycles. The molecule has 5 aromatic rings. The number of hydrogen-bond acceptors (Lipinski definition) is 4. The first kappa shape index (κ1) is 21.9. The van der Waals surface area contributed by atoms with E-state index in [9.17, 15) is 14.0 Å². The largest absolute Gasteiger partial charge is 0.481 e. The molecule has 0 aliphatic rings. The second kappa shape index (κ2) is 8.79. The second-order valence-electron chi connectivity index (χ2n) is 7.79. The van der Waals surface area contributed by atoms with Crippen molar-refractivity contribution in [3.8, 4) is 17.2 Å². The van der Waals surface area contributed by atoms with Crippen LogP contribution in [0.2, 0.25) is 0 Å².